The van der Waals surface area contributed by atoms with Gasteiger partial charge in [0.25, 0.3) is 0 Å². The predicted molar refractivity (Wildman–Crippen MR) is 82.4 cm³/mol. The van der Waals surface area contributed by atoms with E-state index in [1.54, 1.807) is 12.5 Å². The summed E-state index contributed by atoms with van der Waals surface area (Å²) < 4.78 is 5.35. The van der Waals surface area contributed by atoms with Crippen molar-refractivity contribution in [3.8, 4) is 11.4 Å². The van der Waals surface area contributed by atoms with Crippen molar-refractivity contribution in [3.05, 3.63) is 24.7 Å². The van der Waals surface area contributed by atoms with E-state index in [4.69, 9.17) is 10.5 Å². The Hall–Kier alpha value is -2.74. The predicted octanol–water partition coefficient (Wildman–Crippen LogP) is 0.834. The van der Waals surface area contributed by atoms with Crippen LogP contribution in [0.3, 0.4) is 0 Å². The second-order valence-corrected chi connectivity index (χ2v) is 5.04. The van der Waals surface area contributed by atoms with Crippen LogP contribution in [0.1, 0.15) is 0 Å². The van der Waals surface area contributed by atoms with Crippen LogP contribution in [0, 0.1) is 0 Å². The summed E-state index contributed by atoms with van der Waals surface area (Å²) in [6, 6.07) is 3.92. The van der Waals surface area contributed by atoms with Gasteiger partial charge in [-0.1, -0.05) is 0 Å². The Morgan fingerprint density at radius 2 is 2.00 bits per heavy atom. The van der Waals surface area contributed by atoms with E-state index in [9.17, 15) is 0 Å². The maximum Gasteiger partial charge on any atom is 0.183 e. The van der Waals surface area contributed by atoms with Crippen molar-refractivity contribution < 1.29 is 4.74 Å². The van der Waals surface area contributed by atoms with Gasteiger partial charge in [-0.05, 0) is 12.1 Å². The highest BCUT2D eigenvalue weighted by atomic mass is 16.5. The third kappa shape index (κ3) is 2.23. The van der Waals surface area contributed by atoms with Gasteiger partial charge in [0.1, 0.15) is 11.3 Å². The molecule has 1 saturated heterocycles. The van der Waals surface area contributed by atoms with E-state index in [1.807, 2.05) is 12.1 Å². The largest absolute Gasteiger partial charge is 0.382 e. The molecule has 3 aromatic heterocycles. The number of hydrogen-bond acceptors (Lipinski definition) is 7. The normalized spacial score (nSPS) is 15.4. The van der Waals surface area contributed by atoms with Crippen molar-refractivity contribution in [1.82, 2.24) is 24.9 Å². The molecule has 3 aromatic rings. The number of nitrogens with one attached hydrogen (secondary N) is 1. The van der Waals surface area contributed by atoms with Gasteiger partial charge in [0, 0.05) is 24.8 Å². The summed E-state index contributed by atoms with van der Waals surface area (Å²) in [5.74, 6) is 1.84. The Balaban J connectivity index is 1.66. The molecule has 0 atom stereocenters. The van der Waals surface area contributed by atoms with E-state index in [0.29, 0.717) is 22.8 Å². The fourth-order valence-corrected chi connectivity index (χ4v) is 2.48. The van der Waals surface area contributed by atoms with Crippen molar-refractivity contribution in [1.29, 1.82) is 0 Å². The molecule has 0 aliphatic carbocycles. The zero-order valence-corrected chi connectivity index (χ0v) is 11.9. The lowest BCUT2D eigenvalue weighted by atomic mass is 10.2. The lowest BCUT2D eigenvalue weighted by Gasteiger charge is -2.27. The van der Waals surface area contributed by atoms with Gasteiger partial charge >= 0.3 is 0 Å². The van der Waals surface area contributed by atoms with Crippen molar-refractivity contribution in [2.24, 2.45) is 0 Å². The molecule has 3 N–H and O–H groups in total. The summed E-state index contributed by atoms with van der Waals surface area (Å²) >= 11 is 0. The molecule has 8 heteroatoms. The summed E-state index contributed by atoms with van der Waals surface area (Å²) in [4.78, 5) is 22.5. The van der Waals surface area contributed by atoms with E-state index < -0.39 is 0 Å². The van der Waals surface area contributed by atoms with E-state index in [1.165, 1.54) is 0 Å². The number of pyridine rings is 1. The first kappa shape index (κ1) is 13.0. The van der Waals surface area contributed by atoms with Crippen LogP contribution in [-0.4, -0.2) is 51.2 Å². The third-order valence-electron chi connectivity index (χ3n) is 3.65. The van der Waals surface area contributed by atoms with Crippen LogP contribution in [-0.2, 0) is 4.74 Å². The Bertz CT molecular complexity index is 793. The SMILES string of the molecule is Nc1nc(-c2ccc(N3CCOCC3)nc2)nc2nc[nH]c12. The first-order chi connectivity index (χ1) is 10.8. The first-order valence-corrected chi connectivity index (χ1v) is 7.07. The average molecular weight is 297 g/mol. The number of fused-ring (bicyclic) bond motifs is 1. The molecule has 8 nitrogen and oxygen atoms in total. The van der Waals surface area contributed by atoms with Gasteiger partial charge in [-0.2, -0.15) is 0 Å². The number of nitrogen functional groups attached to an aromatic ring is 1. The van der Waals surface area contributed by atoms with Crippen LogP contribution in [0.15, 0.2) is 24.7 Å². The maximum atomic E-state index is 5.92. The minimum Gasteiger partial charge on any atom is -0.382 e. The van der Waals surface area contributed by atoms with Gasteiger partial charge in [-0.25, -0.2) is 19.9 Å². The van der Waals surface area contributed by atoms with Gasteiger partial charge in [0.2, 0.25) is 0 Å². The van der Waals surface area contributed by atoms with Crippen LogP contribution < -0.4 is 10.6 Å². The molecule has 1 aliphatic heterocycles. The lowest BCUT2D eigenvalue weighted by Crippen LogP contribution is -2.36. The highest BCUT2D eigenvalue weighted by Gasteiger charge is 2.13. The average Bonchev–Trinajstić information content (AvgIpc) is 3.05. The number of imidazole rings is 1. The number of aromatic nitrogens is 5. The van der Waals surface area contributed by atoms with E-state index >= 15 is 0 Å². The number of aromatic amines is 1. The van der Waals surface area contributed by atoms with Crippen LogP contribution in [0.5, 0.6) is 0 Å². The van der Waals surface area contributed by atoms with Gasteiger partial charge in [-0.15, -0.1) is 0 Å². The van der Waals surface area contributed by atoms with E-state index in [0.717, 1.165) is 37.7 Å². The minimum atomic E-state index is 0.384. The topological polar surface area (TPSA) is 106 Å². The van der Waals surface area contributed by atoms with Crippen molar-refractivity contribution in [2.45, 2.75) is 0 Å². The van der Waals surface area contributed by atoms with Gasteiger partial charge < -0.3 is 20.4 Å². The Morgan fingerprint density at radius 3 is 2.77 bits per heavy atom. The van der Waals surface area contributed by atoms with Gasteiger partial charge in [-0.3, -0.25) is 0 Å². The molecule has 22 heavy (non-hydrogen) atoms. The molecular weight excluding hydrogens is 282 g/mol. The second kappa shape index (κ2) is 5.23. The van der Waals surface area contributed by atoms with Crippen molar-refractivity contribution in [2.75, 3.05) is 36.9 Å². The van der Waals surface area contributed by atoms with Crippen LogP contribution >= 0.6 is 0 Å². The third-order valence-corrected chi connectivity index (χ3v) is 3.65. The molecule has 4 heterocycles. The second-order valence-electron chi connectivity index (χ2n) is 5.04. The molecule has 1 fully saturated rings. The summed E-state index contributed by atoms with van der Waals surface area (Å²) in [5, 5.41) is 0. The number of ether oxygens (including phenoxy) is 1. The van der Waals surface area contributed by atoms with Crippen molar-refractivity contribution in [3.63, 3.8) is 0 Å². The maximum absolute atomic E-state index is 5.92. The molecule has 0 unspecified atom stereocenters. The molecule has 0 radical (unpaired) electrons. The zero-order valence-electron chi connectivity index (χ0n) is 11.9. The Morgan fingerprint density at radius 1 is 1.14 bits per heavy atom. The van der Waals surface area contributed by atoms with Crippen LogP contribution in [0.2, 0.25) is 0 Å². The van der Waals surface area contributed by atoms with E-state index in [-0.39, 0.29) is 0 Å². The Labute approximate surface area is 126 Å². The summed E-state index contributed by atoms with van der Waals surface area (Å²) in [7, 11) is 0. The molecule has 4 rings (SSSR count). The smallest absolute Gasteiger partial charge is 0.183 e. The molecule has 0 saturated carbocycles. The monoisotopic (exact) mass is 297 g/mol. The van der Waals surface area contributed by atoms with Gasteiger partial charge in [0.05, 0.1) is 19.5 Å². The first-order valence-electron chi connectivity index (χ1n) is 7.07. The molecular formula is C14H15N7O. The fourth-order valence-electron chi connectivity index (χ4n) is 2.48. The Kier molecular flexibility index (Phi) is 3.08. The standard InChI is InChI=1S/C14H15N7O/c15-12-11-14(18-8-17-11)20-13(19-12)9-1-2-10(16-7-9)21-3-5-22-6-4-21/h1-2,7-8H,3-6H2,(H3,15,17,18,19,20). The summed E-state index contributed by atoms with van der Waals surface area (Å²) in [6.45, 7) is 3.18. The van der Waals surface area contributed by atoms with Crippen LogP contribution in [0.25, 0.3) is 22.6 Å². The number of nitrogens with two attached hydrogens (primary N) is 1. The molecule has 1 aliphatic rings. The summed E-state index contributed by atoms with van der Waals surface area (Å²) in [6.07, 6.45) is 3.32. The number of morpholine rings is 1. The summed E-state index contributed by atoms with van der Waals surface area (Å²) in [5.41, 5.74) is 7.94. The molecule has 0 bridgehead atoms. The number of anilines is 2. The number of rotatable bonds is 2. The molecule has 0 spiro atoms. The molecule has 112 valence electrons. The minimum absolute atomic E-state index is 0.384. The highest BCUT2D eigenvalue weighted by Crippen LogP contribution is 2.22. The number of hydrogen-bond donors (Lipinski definition) is 2. The van der Waals surface area contributed by atoms with Crippen LogP contribution in [0.4, 0.5) is 11.6 Å². The fraction of sp³-hybridized carbons (Fsp3) is 0.286. The molecule has 0 amide bonds. The van der Waals surface area contributed by atoms with Crippen molar-refractivity contribution >= 4 is 22.8 Å². The highest BCUT2D eigenvalue weighted by molar-refractivity contribution is 5.83. The van der Waals surface area contributed by atoms with E-state index in [2.05, 4.69) is 29.8 Å². The zero-order chi connectivity index (χ0) is 14.9. The van der Waals surface area contributed by atoms with Gasteiger partial charge in [0.15, 0.2) is 17.3 Å². The molecule has 0 aromatic carbocycles. The number of nitrogens with zero attached hydrogens (tertiary/aromatic N) is 5. The number of H-pyrrole nitrogens is 1. The quantitative estimate of drug-likeness (QED) is 0.721. The lowest BCUT2D eigenvalue weighted by molar-refractivity contribution is 0.122.